The molecule has 19 heavy (non-hydrogen) atoms. The Labute approximate surface area is 110 Å². The van der Waals surface area contributed by atoms with Crippen LogP contribution >= 0.6 is 0 Å². The van der Waals surface area contributed by atoms with Crippen LogP contribution in [0.15, 0.2) is 30.5 Å². The average molecular weight is 257 g/mol. The van der Waals surface area contributed by atoms with Gasteiger partial charge in [0.15, 0.2) is 11.6 Å². The molecule has 0 unspecified atom stereocenters. The first-order chi connectivity index (χ1) is 9.10. The van der Waals surface area contributed by atoms with Gasteiger partial charge in [-0.3, -0.25) is 0 Å². The zero-order valence-electron chi connectivity index (χ0n) is 10.3. The van der Waals surface area contributed by atoms with Crippen molar-refractivity contribution in [3.05, 3.63) is 47.4 Å². The minimum Gasteiger partial charge on any atom is -0.368 e. The zero-order valence-corrected chi connectivity index (χ0v) is 10.3. The molecule has 0 aliphatic heterocycles. The van der Waals surface area contributed by atoms with Crippen LogP contribution in [0.25, 0.3) is 0 Å². The van der Waals surface area contributed by atoms with E-state index in [9.17, 15) is 4.39 Å². The Morgan fingerprint density at radius 1 is 1.47 bits per heavy atom. The molecule has 2 aromatic rings. The van der Waals surface area contributed by atoms with Crippen LogP contribution in [0, 0.1) is 17.1 Å². The maximum absolute atomic E-state index is 13.6. The Hall–Kier alpha value is -2.68. The van der Waals surface area contributed by atoms with E-state index < -0.39 is 5.82 Å². The molecular formula is C13H12FN5. The summed E-state index contributed by atoms with van der Waals surface area (Å²) in [6.45, 7) is 0.420. The molecular weight excluding hydrogens is 245 g/mol. The van der Waals surface area contributed by atoms with Crippen molar-refractivity contribution < 1.29 is 4.39 Å². The van der Waals surface area contributed by atoms with Crippen molar-refractivity contribution in [2.75, 3.05) is 17.7 Å². The first-order valence-corrected chi connectivity index (χ1v) is 5.58. The van der Waals surface area contributed by atoms with Gasteiger partial charge in [0.2, 0.25) is 5.95 Å². The standard InChI is InChI=1S/C13H12FN5/c1-19(12-11(14)7-17-13(16)18-12)8-10-4-2-3-9(5-10)6-15/h2-5,7H,8H2,1H3,(H2,16,17,18). The summed E-state index contributed by atoms with van der Waals surface area (Å²) < 4.78 is 13.6. The summed E-state index contributed by atoms with van der Waals surface area (Å²) >= 11 is 0. The summed E-state index contributed by atoms with van der Waals surface area (Å²) in [6.07, 6.45) is 1.04. The number of nitrogens with two attached hydrogens (primary N) is 1. The van der Waals surface area contributed by atoms with Crippen molar-refractivity contribution in [2.24, 2.45) is 0 Å². The first-order valence-electron chi connectivity index (χ1n) is 5.58. The predicted octanol–water partition coefficient (Wildman–Crippen LogP) is 1.71. The summed E-state index contributed by atoms with van der Waals surface area (Å²) in [7, 11) is 1.70. The molecule has 96 valence electrons. The van der Waals surface area contributed by atoms with E-state index >= 15 is 0 Å². The summed E-state index contributed by atoms with van der Waals surface area (Å²) in [5.41, 5.74) is 6.90. The third kappa shape index (κ3) is 2.96. The van der Waals surface area contributed by atoms with Crippen LogP contribution in [0.1, 0.15) is 11.1 Å². The molecule has 0 saturated carbocycles. The van der Waals surface area contributed by atoms with E-state index in [1.807, 2.05) is 6.07 Å². The van der Waals surface area contributed by atoms with Gasteiger partial charge in [0, 0.05) is 13.6 Å². The quantitative estimate of drug-likeness (QED) is 0.905. The molecule has 0 atom stereocenters. The monoisotopic (exact) mass is 257 g/mol. The number of nitrogen functional groups attached to an aromatic ring is 1. The minimum atomic E-state index is -0.534. The number of hydrogen-bond acceptors (Lipinski definition) is 5. The Morgan fingerprint density at radius 2 is 2.26 bits per heavy atom. The van der Waals surface area contributed by atoms with Gasteiger partial charge < -0.3 is 10.6 Å². The van der Waals surface area contributed by atoms with E-state index in [-0.39, 0.29) is 11.8 Å². The first kappa shape index (κ1) is 12.8. The van der Waals surface area contributed by atoms with Crippen molar-refractivity contribution in [3.8, 4) is 6.07 Å². The van der Waals surface area contributed by atoms with Crippen LogP contribution in [0.3, 0.4) is 0 Å². The molecule has 0 radical (unpaired) electrons. The number of aromatic nitrogens is 2. The van der Waals surface area contributed by atoms with Crippen LogP contribution in [0.4, 0.5) is 16.2 Å². The largest absolute Gasteiger partial charge is 0.368 e. The highest BCUT2D eigenvalue weighted by atomic mass is 19.1. The molecule has 1 aromatic heterocycles. The van der Waals surface area contributed by atoms with Gasteiger partial charge in [-0.25, -0.2) is 9.37 Å². The number of halogens is 1. The van der Waals surface area contributed by atoms with Gasteiger partial charge in [-0.15, -0.1) is 0 Å². The van der Waals surface area contributed by atoms with Gasteiger partial charge in [-0.2, -0.15) is 10.2 Å². The molecule has 1 heterocycles. The second-order valence-electron chi connectivity index (χ2n) is 4.07. The highest BCUT2D eigenvalue weighted by Gasteiger charge is 2.11. The Balaban J connectivity index is 2.23. The topological polar surface area (TPSA) is 78.8 Å². The third-order valence-corrected chi connectivity index (χ3v) is 2.58. The number of nitrogens with zero attached hydrogens (tertiary/aromatic N) is 4. The fourth-order valence-electron chi connectivity index (χ4n) is 1.73. The van der Waals surface area contributed by atoms with Crippen LogP contribution in [-0.2, 0) is 6.54 Å². The number of benzene rings is 1. The Morgan fingerprint density at radius 3 is 3.00 bits per heavy atom. The molecule has 2 N–H and O–H groups in total. The van der Waals surface area contributed by atoms with E-state index in [0.29, 0.717) is 12.1 Å². The van der Waals surface area contributed by atoms with Crippen molar-refractivity contribution in [3.63, 3.8) is 0 Å². The minimum absolute atomic E-state index is 0.0222. The summed E-state index contributed by atoms with van der Waals surface area (Å²) in [4.78, 5) is 9.06. The zero-order chi connectivity index (χ0) is 13.8. The van der Waals surface area contributed by atoms with Gasteiger partial charge in [0.05, 0.1) is 17.8 Å². The Bertz CT molecular complexity index is 635. The summed E-state index contributed by atoms with van der Waals surface area (Å²) in [5, 5.41) is 8.83. The van der Waals surface area contributed by atoms with Crippen molar-refractivity contribution in [1.29, 1.82) is 5.26 Å². The van der Waals surface area contributed by atoms with Gasteiger partial charge in [-0.05, 0) is 17.7 Å². The lowest BCUT2D eigenvalue weighted by Crippen LogP contribution is -2.20. The van der Waals surface area contributed by atoms with Gasteiger partial charge in [0.25, 0.3) is 0 Å². The highest BCUT2D eigenvalue weighted by Crippen LogP contribution is 2.17. The molecule has 0 aliphatic carbocycles. The van der Waals surface area contributed by atoms with Crippen LogP contribution < -0.4 is 10.6 Å². The van der Waals surface area contributed by atoms with E-state index in [1.54, 1.807) is 30.1 Å². The number of hydrogen-bond donors (Lipinski definition) is 1. The van der Waals surface area contributed by atoms with E-state index in [2.05, 4.69) is 16.0 Å². The molecule has 0 amide bonds. The lowest BCUT2D eigenvalue weighted by atomic mass is 10.1. The average Bonchev–Trinajstić information content (AvgIpc) is 2.41. The maximum Gasteiger partial charge on any atom is 0.222 e. The molecule has 0 aliphatic rings. The normalized spacial score (nSPS) is 9.95. The van der Waals surface area contributed by atoms with Crippen LogP contribution in [-0.4, -0.2) is 17.0 Å². The number of nitriles is 1. The molecule has 1 aromatic carbocycles. The van der Waals surface area contributed by atoms with Gasteiger partial charge in [0.1, 0.15) is 0 Å². The lowest BCUT2D eigenvalue weighted by Gasteiger charge is -2.18. The highest BCUT2D eigenvalue weighted by molar-refractivity contribution is 5.43. The van der Waals surface area contributed by atoms with Gasteiger partial charge >= 0.3 is 0 Å². The lowest BCUT2D eigenvalue weighted by molar-refractivity contribution is 0.608. The molecule has 6 heteroatoms. The molecule has 0 spiro atoms. The molecule has 0 bridgehead atoms. The van der Waals surface area contributed by atoms with Crippen LogP contribution in [0.2, 0.25) is 0 Å². The molecule has 0 saturated heterocycles. The fraction of sp³-hybridized carbons (Fsp3) is 0.154. The Kier molecular flexibility index (Phi) is 3.57. The summed E-state index contributed by atoms with van der Waals surface area (Å²) in [6, 6.07) is 9.17. The van der Waals surface area contributed by atoms with E-state index in [1.165, 1.54) is 0 Å². The summed E-state index contributed by atoms with van der Waals surface area (Å²) in [5.74, 6) is -0.378. The maximum atomic E-state index is 13.6. The van der Waals surface area contributed by atoms with Crippen molar-refractivity contribution >= 4 is 11.8 Å². The van der Waals surface area contributed by atoms with Crippen LogP contribution in [0.5, 0.6) is 0 Å². The van der Waals surface area contributed by atoms with E-state index in [0.717, 1.165) is 11.8 Å². The van der Waals surface area contributed by atoms with Gasteiger partial charge in [-0.1, -0.05) is 12.1 Å². The third-order valence-electron chi connectivity index (χ3n) is 2.58. The van der Waals surface area contributed by atoms with Crippen molar-refractivity contribution in [2.45, 2.75) is 6.54 Å². The van der Waals surface area contributed by atoms with E-state index in [4.69, 9.17) is 11.0 Å². The smallest absolute Gasteiger partial charge is 0.222 e. The second-order valence-corrected chi connectivity index (χ2v) is 4.07. The molecule has 2 rings (SSSR count). The molecule has 0 fully saturated rings. The number of anilines is 2. The van der Waals surface area contributed by atoms with Crippen molar-refractivity contribution in [1.82, 2.24) is 9.97 Å². The fourth-order valence-corrected chi connectivity index (χ4v) is 1.73. The number of rotatable bonds is 3. The predicted molar refractivity (Wildman–Crippen MR) is 69.7 cm³/mol. The molecule has 5 nitrogen and oxygen atoms in total. The SMILES string of the molecule is CN(Cc1cccc(C#N)c1)c1nc(N)ncc1F. The second kappa shape index (κ2) is 5.31.